The van der Waals surface area contributed by atoms with Crippen LogP contribution in [-0.4, -0.2) is 11.3 Å². The first-order valence-corrected chi connectivity index (χ1v) is 4.46. The van der Waals surface area contributed by atoms with Crippen LogP contribution in [0.1, 0.15) is 5.69 Å². The predicted molar refractivity (Wildman–Crippen MR) is 48.4 cm³/mol. The lowest BCUT2D eigenvalue weighted by Gasteiger charge is -2.09. The zero-order valence-electron chi connectivity index (χ0n) is 6.61. The summed E-state index contributed by atoms with van der Waals surface area (Å²) in [6, 6.07) is 1.08. The van der Waals surface area contributed by atoms with Crippen LogP contribution in [0.15, 0.2) is 12.3 Å². The van der Waals surface area contributed by atoms with Crippen molar-refractivity contribution in [3.63, 3.8) is 0 Å². The average Bonchev–Trinajstić information content (AvgIpc) is 2.01. The van der Waals surface area contributed by atoms with Crippen molar-refractivity contribution in [1.29, 1.82) is 0 Å². The Hall–Kier alpha value is -0.600. The molecule has 0 N–H and O–H groups in total. The van der Waals surface area contributed by atoms with Gasteiger partial charge in [-0.05, 0) is 28.7 Å². The number of halogens is 5. The average molecular weight is 321 g/mol. The van der Waals surface area contributed by atoms with Crippen LogP contribution < -0.4 is 4.74 Å². The summed E-state index contributed by atoms with van der Waals surface area (Å²) < 4.78 is 51.2. The van der Waals surface area contributed by atoms with E-state index < -0.39 is 18.8 Å². The molecule has 14 heavy (non-hydrogen) atoms. The van der Waals surface area contributed by atoms with E-state index >= 15 is 0 Å². The van der Waals surface area contributed by atoms with Crippen LogP contribution in [0.4, 0.5) is 17.6 Å². The maximum absolute atomic E-state index is 12.1. The lowest BCUT2D eigenvalue weighted by atomic mass is 10.4. The zero-order chi connectivity index (χ0) is 10.8. The second kappa shape index (κ2) is 4.28. The van der Waals surface area contributed by atoms with Gasteiger partial charge >= 0.3 is 6.36 Å². The van der Waals surface area contributed by atoms with E-state index in [1.54, 1.807) is 22.6 Å². The summed E-state index contributed by atoms with van der Waals surface area (Å²) in [4.78, 5) is 3.47. The SMILES string of the molecule is FCc1ncc(OC(F)(F)F)cc1I. The lowest BCUT2D eigenvalue weighted by Crippen LogP contribution is -2.17. The van der Waals surface area contributed by atoms with Gasteiger partial charge in [0.2, 0.25) is 0 Å². The molecule has 0 spiro atoms. The molecule has 1 aromatic rings. The van der Waals surface area contributed by atoms with Crippen molar-refractivity contribution in [2.45, 2.75) is 13.0 Å². The van der Waals surface area contributed by atoms with Crippen molar-refractivity contribution in [2.75, 3.05) is 0 Å². The molecule has 7 heteroatoms. The molecular formula is C7H4F4INO. The molecule has 0 aliphatic carbocycles. The number of rotatable bonds is 2. The smallest absolute Gasteiger partial charge is 0.404 e. The van der Waals surface area contributed by atoms with Crippen LogP contribution in [0.3, 0.4) is 0 Å². The first-order valence-electron chi connectivity index (χ1n) is 3.38. The van der Waals surface area contributed by atoms with Crippen molar-refractivity contribution in [3.8, 4) is 5.75 Å². The topological polar surface area (TPSA) is 22.1 Å². The molecular weight excluding hydrogens is 317 g/mol. The molecule has 1 heterocycles. The standard InChI is InChI=1S/C7H4F4INO/c8-2-6-5(12)1-4(3-13-6)14-7(9,10)11/h1,3H,2H2. The first kappa shape index (κ1) is 11.5. The van der Waals surface area contributed by atoms with E-state index in [0.29, 0.717) is 3.57 Å². The summed E-state index contributed by atoms with van der Waals surface area (Å²) in [5, 5.41) is 0. The van der Waals surface area contributed by atoms with E-state index in [1.165, 1.54) is 0 Å². The summed E-state index contributed by atoms with van der Waals surface area (Å²) in [6.45, 7) is -0.815. The quantitative estimate of drug-likeness (QED) is 0.617. The Labute approximate surface area is 90.4 Å². The van der Waals surface area contributed by atoms with Gasteiger partial charge in [-0.3, -0.25) is 4.98 Å². The molecule has 0 amide bonds. The van der Waals surface area contributed by atoms with E-state index in [0.717, 1.165) is 12.3 Å². The molecule has 0 fully saturated rings. The van der Waals surface area contributed by atoms with Crippen LogP contribution in [0, 0.1) is 3.57 Å². The molecule has 1 aromatic heterocycles. The Balaban J connectivity index is 2.87. The maximum Gasteiger partial charge on any atom is 0.573 e. The Bertz CT molecular complexity index is 328. The van der Waals surface area contributed by atoms with Crippen LogP contribution in [0.25, 0.3) is 0 Å². The van der Waals surface area contributed by atoms with E-state index in [4.69, 9.17) is 0 Å². The van der Waals surface area contributed by atoms with Gasteiger partial charge in [0, 0.05) is 3.57 Å². The number of ether oxygens (including phenoxy) is 1. The fourth-order valence-electron chi connectivity index (χ4n) is 0.736. The fraction of sp³-hybridized carbons (Fsp3) is 0.286. The molecule has 0 radical (unpaired) electrons. The number of nitrogens with zero attached hydrogens (tertiary/aromatic N) is 1. The minimum absolute atomic E-state index is 0.0973. The number of hydrogen-bond acceptors (Lipinski definition) is 2. The molecule has 0 aliphatic rings. The van der Waals surface area contributed by atoms with E-state index in [-0.39, 0.29) is 5.69 Å². The molecule has 0 aromatic carbocycles. The third kappa shape index (κ3) is 3.28. The molecule has 78 valence electrons. The lowest BCUT2D eigenvalue weighted by molar-refractivity contribution is -0.274. The Morgan fingerprint density at radius 2 is 2.07 bits per heavy atom. The van der Waals surface area contributed by atoms with Gasteiger partial charge in [0.25, 0.3) is 0 Å². The first-order chi connectivity index (χ1) is 6.42. The largest absolute Gasteiger partial charge is 0.573 e. The molecule has 0 saturated heterocycles. The molecule has 0 saturated carbocycles. The number of aromatic nitrogens is 1. The number of pyridine rings is 1. The normalized spacial score (nSPS) is 11.5. The van der Waals surface area contributed by atoms with Crippen molar-refractivity contribution < 1.29 is 22.3 Å². The fourth-order valence-corrected chi connectivity index (χ4v) is 1.33. The summed E-state index contributed by atoms with van der Waals surface area (Å²) in [6.07, 6.45) is -3.91. The molecule has 0 unspecified atom stereocenters. The van der Waals surface area contributed by atoms with Gasteiger partial charge in [-0.25, -0.2) is 4.39 Å². The highest BCUT2D eigenvalue weighted by atomic mass is 127. The highest BCUT2D eigenvalue weighted by molar-refractivity contribution is 14.1. The van der Waals surface area contributed by atoms with E-state index in [2.05, 4.69) is 9.72 Å². The molecule has 0 atom stereocenters. The minimum atomic E-state index is -4.75. The second-order valence-electron chi connectivity index (χ2n) is 2.28. The van der Waals surface area contributed by atoms with Gasteiger partial charge < -0.3 is 4.74 Å². The zero-order valence-corrected chi connectivity index (χ0v) is 8.76. The molecule has 0 bridgehead atoms. The third-order valence-corrected chi connectivity index (χ3v) is 2.19. The Morgan fingerprint density at radius 1 is 1.43 bits per heavy atom. The van der Waals surface area contributed by atoms with Gasteiger partial charge in [0.05, 0.1) is 11.9 Å². The number of alkyl halides is 4. The highest BCUT2D eigenvalue weighted by Crippen LogP contribution is 2.24. The summed E-state index contributed by atoms with van der Waals surface area (Å²) in [5.74, 6) is -0.445. The summed E-state index contributed by atoms with van der Waals surface area (Å²) in [5.41, 5.74) is 0.0973. The van der Waals surface area contributed by atoms with E-state index in [1.807, 2.05) is 0 Å². The van der Waals surface area contributed by atoms with Gasteiger partial charge in [-0.1, -0.05) is 0 Å². The van der Waals surface area contributed by atoms with Crippen LogP contribution in [0.2, 0.25) is 0 Å². The number of hydrogen-bond donors (Lipinski definition) is 0. The summed E-state index contributed by atoms with van der Waals surface area (Å²) in [7, 11) is 0. The van der Waals surface area contributed by atoms with Crippen LogP contribution in [0.5, 0.6) is 5.75 Å². The van der Waals surface area contributed by atoms with Crippen molar-refractivity contribution in [2.24, 2.45) is 0 Å². The van der Waals surface area contributed by atoms with Crippen molar-refractivity contribution >= 4 is 22.6 Å². The Kier molecular flexibility index (Phi) is 3.51. The molecule has 1 rings (SSSR count). The van der Waals surface area contributed by atoms with Gasteiger partial charge in [-0.2, -0.15) is 0 Å². The van der Waals surface area contributed by atoms with Crippen LogP contribution >= 0.6 is 22.6 Å². The van der Waals surface area contributed by atoms with Crippen LogP contribution in [-0.2, 0) is 6.67 Å². The second-order valence-corrected chi connectivity index (χ2v) is 3.44. The summed E-state index contributed by atoms with van der Waals surface area (Å²) >= 11 is 1.69. The Morgan fingerprint density at radius 3 is 2.50 bits per heavy atom. The van der Waals surface area contributed by atoms with Crippen molar-refractivity contribution in [3.05, 3.63) is 21.5 Å². The highest BCUT2D eigenvalue weighted by Gasteiger charge is 2.31. The van der Waals surface area contributed by atoms with E-state index in [9.17, 15) is 17.6 Å². The maximum atomic E-state index is 12.1. The van der Waals surface area contributed by atoms with Gasteiger partial charge in [0.15, 0.2) is 0 Å². The predicted octanol–water partition coefficient (Wildman–Crippen LogP) is 3.05. The van der Waals surface area contributed by atoms with Gasteiger partial charge in [0.1, 0.15) is 12.4 Å². The minimum Gasteiger partial charge on any atom is -0.404 e. The van der Waals surface area contributed by atoms with Gasteiger partial charge in [-0.15, -0.1) is 13.2 Å². The third-order valence-electron chi connectivity index (χ3n) is 1.25. The van der Waals surface area contributed by atoms with Crippen molar-refractivity contribution in [1.82, 2.24) is 4.98 Å². The monoisotopic (exact) mass is 321 g/mol. The molecule has 2 nitrogen and oxygen atoms in total. The molecule has 0 aliphatic heterocycles.